The lowest BCUT2D eigenvalue weighted by molar-refractivity contribution is -0.118. The highest BCUT2D eigenvalue weighted by Gasteiger charge is 2.27. The smallest absolute Gasteiger partial charge is 0.246 e. The quantitative estimate of drug-likeness (QED) is 0.194. The van der Waals surface area contributed by atoms with Gasteiger partial charge in [-0.25, -0.2) is 12.8 Å². The van der Waals surface area contributed by atoms with Gasteiger partial charge in [0.2, 0.25) is 15.9 Å². The zero-order valence-electron chi connectivity index (χ0n) is 23.1. The van der Waals surface area contributed by atoms with Gasteiger partial charge in [-0.15, -0.1) is 11.3 Å². The molecule has 0 spiro atoms. The number of rotatable bonds is 11. The van der Waals surface area contributed by atoms with Crippen molar-refractivity contribution in [3.8, 4) is 11.5 Å². The molecule has 8 nitrogen and oxygen atoms in total. The van der Waals surface area contributed by atoms with Gasteiger partial charge in [-0.1, -0.05) is 18.2 Å². The van der Waals surface area contributed by atoms with Gasteiger partial charge >= 0.3 is 0 Å². The Morgan fingerprint density at radius 3 is 2.17 bits per heavy atom. The van der Waals surface area contributed by atoms with Crippen LogP contribution in [0.25, 0.3) is 0 Å². The van der Waals surface area contributed by atoms with Crippen LogP contribution < -0.4 is 20.1 Å². The lowest BCUT2D eigenvalue weighted by Gasteiger charge is -2.34. The van der Waals surface area contributed by atoms with Gasteiger partial charge < -0.3 is 10.1 Å². The molecule has 1 aromatic heterocycles. The van der Waals surface area contributed by atoms with Crippen molar-refractivity contribution in [1.82, 2.24) is 10.2 Å². The monoisotopic (exact) mass is 608 g/mol. The van der Waals surface area contributed by atoms with E-state index < -0.39 is 16.1 Å². The molecule has 1 aliphatic rings. The zero-order valence-corrected chi connectivity index (χ0v) is 24.8. The van der Waals surface area contributed by atoms with Crippen molar-refractivity contribution in [3.63, 3.8) is 0 Å². The molecule has 5 rings (SSSR count). The van der Waals surface area contributed by atoms with Crippen molar-refractivity contribution in [2.45, 2.75) is 31.5 Å². The Labute approximate surface area is 249 Å². The molecule has 1 unspecified atom stereocenters. The molecule has 0 radical (unpaired) electrons. The highest BCUT2D eigenvalue weighted by atomic mass is 32.2. The number of hydrogen-bond donors (Lipinski definition) is 3. The van der Waals surface area contributed by atoms with Gasteiger partial charge in [0.05, 0.1) is 6.26 Å². The van der Waals surface area contributed by atoms with Gasteiger partial charge in [0, 0.05) is 28.8 Å². The molecule has 1 aliphatic heterocycles. The van der Waals surface area contributed by atoms with Crippen LogP contribution in [-0.4, -0.2) is 44.6 Å². The SMILES string of the molecule is CS(=O)(=O)Nc1ccc(Oc2ccc(CN3CCC(NC(C(=O)Nc4ccc(F)cc4)c4cccs4)CC3)cc2)cc1. The number of nitrogens with zero attached hydrogens (tertiary/aromatic N) is 1. The summed E-state index contributed by atoms with van der Waals surface area (Å²) in [6.45, 7) is 2.62. The Kier molecular flexibility index (Phi) is 9.53. The number of carbonyl (C=O) groups is 1. The number of halogens is 1. The van der Waals surface area contributed by atoms with Crippen LogP contribution in [-0.2, 0) is 21.4 Å². The predicted molar refractivity (Wildman–Crippen MR) is 165 cm³/mol. The van der Waals surface area contributed by atoms with Crippen LogP contribution >= 0.6 is 11.3 Å². The number of likely N-dealkylation sites (tertiary alicyclic amines) is 1. The fourth-order valence-electron chi connectivity index (χ4n) is 4.85. The van der Waals surface area contributed by atoms with Crippen LogP contribution in [0.2, 0.25) is 0 Å². The number of amides is 1. The lowest BCUT2D eigenvalue weighted by Crippen LogP contribution is -2.45. The summed E-state index contributed by atoms with van der Waals surface area (Å²) in [4.78, 5) is 16.5. The summed E-state index contributed by atoms with van der Waals surface area (Å²) in [5.74, 6) is 0.813. The van der Waals surface area contributed by atoms with Gasteiger partial charge in [0.1, 0.15) is 23.4 Å². The second-order valence-corrected chi connectivity index (χ2v) is 13.0. The number of piperidine rings is 1. The van der Waals surface area contributed by atoms with Crippen LogP contribution in [0.1, 0.15) is 29.3 Å². The maximum atomic E-state index is 13.3. The molecular formula is C31H33FN4O4S2. The molecule has 1 saturated heterocycles. The summed E-state index contributed by atoms with van der Waals surface area (Å²) in [5, 5.41) is 8.44. The molecule has 0 aliphatic carbocycles. The summed E-state index contributed by atoms with van der Waals surface area (Å²) in [5.41, 5.74) is 2.22. The third-order valence-corrected chi connectivity index (χ3v) is 8.46. The fourth-order valence-corrected chi connectivity index (χ4v) is 6.19. The average molecular weight is 609 g/mol. The van der Waals surface area contributed by atoms with Crippen LogP contribution in [0.5, 0.6) is 11.5 Å². The number of sulfonamides is 1. The molecule has 0 bridgehead atoms. The van der Waals surface area contributed by atoms with Crippen molar-refractivity contribution < 1.29 is 22.3 Å². The summed E-state index contributed by atoms with van der Waals surface area (Å²) in [6, 6.07) is 24.1. The second-order valence-electron chi connectivity index (χ2n) is 10.3. The molecule has 4 aromatic rings. The molecule has 220 valence electrons. The van der Waals surface area contributed by atoms with Crippen LogP contribution in [0.3, 0.4) is 0 Å². The minimum absolute atomic E-state index is 0.157. The number of benzene rings is 3. The minimum atomic E-state index is -3.32. The molecule has 3 N–H and O–H groups in total. The van der Waals surface area contributed by atoms with Gasteiger partial charge in [-0.3, -0.25) is 19.7 Å². The van der Waals surface area contributed by atoms with E-state index >= 15 is 0 Å². The highest BCUT2D eigenvalue weighted by Crippen LogP contribution is 2.26. The summed E-state index contributed by atoms with van der Waals surface area (Å²) < 4.78 is 44.4. The third kappa shape index (κ3) is 8.62. The van der Waals surface area contributed by atoms with E-state index in [2.05, 4.69) is 20.3 Å². The summed E-state index contributed by atoms with van der Waals surface area (Å²) in [6.07, 6.45) is 2.94. The Balaban J connectivity index is 1.11. The van der Waals surface area contributed by atoms with Gasteiger partial charge in [-0.05, 0) is 104 Å². The van der Waals surface area contributed by atoms with Crippen molar-refractivity contribution in [3.05, 3.63) is 107 Å². The van der Waals surface area contributed by atoms with Crippen LogP contribution in [0.15, 0.2) is 90.3 Å². The van der Waals surface area contributed by atoms with E-state index in [4.69, 9.17) is 4.74 Å². The molecular weight excluding hydrogens is 575 g/mol. The van der Waals surface area contributed by atoms with E-state index in [1.165, 1.54) is 29.0 Å². The standard InChI is InChI=1S/C31H33FN4O4S2/c1-42(38,39)35-26-10-14-28(15-11-26)40-27-12-4-22(5-13-27)21-36-18-16-25(17-19-36)33-30(29-3-2-20-41-29)31(37)34-24-8-6-23(32)7-9-24/h2-15,20,25,30,33,35H,16-19,21H2,1H3,(H,34,37). The number of anilines is 2. The maximum absolute atomic E-state index is 13.3. The van der Waals surface area contributed by atoms with E-state index in [0.29, 0.717) is 22.9 Å². The van der Waals surface area contributed by atoms with Gasteiger partial charge in [0.15, 0.2) is 0 Å². The van der Waals surface area contributed by atoms with Crippen LogP contribution in [0.4, 0.5) is 15.8 Å². The summed E-state index contributed by atoms with van der Waals surface area (Å²) >= 11 is 1.54. The fraction of sp³-hybridized carbons (Fsp3) is 0.258. The molecule has 1 atom stereocenters. The van der Waals surface area contributed by atoms with Crippen molar-refractivity contribution in [2.75, 3.05) is 29.4 Å². The van der Waals surface area contributed by atoms with Crippen molar-refractivity contribution in [1.29, 1.82) is 0 Å². The Morgan fingerprint density at radius 1 is 0.952 bits per heavy atom. The first-order valence-corrected chi connectivity index (χ1v) is 16.4. The maximum Gasteiger partial charge on any atom is 0.246 e. The van der Waals surface area contributed by atoms with E-state index in [0.717, 1.165) is 43.6 Å². The summed E-state index contributed by atoms with van der Waals surface area (Å²) in [7, 11) is -3.32. The topological polar surface area (TPSA) is 99.8 Å². The zero-order chi connectivity index (χ0) is 29.5. The second kappa shape index (κ2) is 13.5. The Hall–Kier alpha value is -3.77. The third-order valence-electron chi connectivity index (χ3n) is 6.91. The molecule has 0 saturated carbocycles. The molecule has 2 heterocycles. The first-order valence-electron chi connectivity index (χ1n) is 13.6. The number of thiophene rings is 1. The Morgan fingerprint density at radius 2 is 1.57 bits per heavy atom. The lowest BCUT2D eigenvalue weighted by atomic mass is 10.0. The van der Waals surface area contributed by atoms with Crippen LogP contribution in [0, 0.1) is 5.82 Å². The molecule has 1 amide bonds. The normalized spacial score (nSPS) is 15.2. The molecule has 11 heteroatoms. The van der Waals surface area contributed by atoms with Gasteiger partial charge in [-0.2, -0.15) is 0 Å². The highest BCUT2D eigenvalue weighted by molar-refractivity contribution is 7.92. The van der Waals surface area contributed by atoms with E-state index in [9.17, 15) is 17.6 Å². The average Bonchev–Trinajstić information content (AvgIpc) is 3.50. The largest absolute Gasteiger partial charge is 0.457 e. The molecule has 42 heavy (non-hydrogen) atoms. The predicted octanol–water partition coefficient (Wildman–Crippen LogP) is 5.99. The van der Waals surface area contributed by atoms with Gasteiger partial charge in [0.25, 0.3) is 0 Å². The Bertz CT molecular complexity index is 1550. The van der Waals surface area contributed by atoms with E-state index in [1.807, 2.05) is 41.8 Å². The first-order chi connectivity index (χ1) is 20.2. The van der Waals surface area contributed by atoms with E-state index in [1.54, 1.807) is 36.4 Å². The number of nitrogens with one attached hydrogen (secondary N) is 3. The first kappa shape index (κ1) is 29.7. The number of carbonyl (C=O) groups excluding carboxylic acids is 1. The number of hydrogen-bond acceptors (Lipinski definition) is 7. The number of ether oxygens (including phenoxy) is 1. The molecule has 3 aromatic carbocycles. The minimum Gasteiger partial charge on any atom is -0.457 e. The van der Waals surface area contributed by atoms with E-state index in [-0.39, 0.29) is 17.8 Å². The van der Waals surface area contributed by atoms with Crippen molar-refractivity contribution in [2.24, 2.45) is 0 Å². The molecule has 1 fully saturated rings. The van der Waals surface area contributed by atoms with Crippen molar-refractivity contribution >= 4 is 38.6 Å².